The highest BCUT2D eigenvalue weighted by atomic mass is 16.1. The fraction of sp³-hybridized carbons (Fsp3) is 0.588. The van der Waals surface area contributed by atoms with E-state index in [-0.39, 0.29) is 18.0 Å². The van der Waals surface area contributed by atoms with Crippen LogP contribution in [-0.4, -0.2) is 24.5 Å². The number of carbonyl (C=O) groups is 1. The zero-order valence-electron chi connectivity index (χ0n) is 13.9. The van der Waals surface area contributed by atoms with E-state index in [9.17, 15) is 4.79 Å². The van der Waals surface area contributed by atoms with Crippen LogP contribution < -0.4 is 16.0 Å². The van der Waals surface area contributed by atoms with Crippen LogP contribution in [-0.2, 0) is 11.3 Å². The Bertz CT molecular complexity index is 446. The topological polar surface area (TPSA) is 58.4 Å². The van der Waals surface area contributed by atoms with Crippen molar-refractivity contribution in [3.8, 4) is 0 Å². The van der Waals surface area contributed by atoms with Crippen molar-refractivity contribution in [3.05, 3.63) is 29.8 Å². The summed E-state index contributed by atoms with van der Waals surface area (Å²) in [6, 6.07) is 8.32. The summed E-state index contributed by atoms with van der Waals surface area (Å²) in [6.07, 6.45) is 0. The second-order valence-electron chi connectivity index (χ2n) is 7.01. The van der Waals surface area contributed by atoms with Gasteiger partial charge >= 0.3 is 0 Å². The zero-order valence-corrected chi connectivity index (χ0v) is 13.9. The normalized spacial score (nSPS) is 11.7. The van der Waals surface area contributed by atoms with E-state index in [1.54, 1.807) is 0 Å². The molecule has 0 saturated carbocycles. The zero-order chi connectivity index (χ0) is 16.0. The van der Waals surface area contributed by atoms with Crippen LogP contribution in [0.3, 0.4) is 0 Å². The van der Waals surface area contributed by atoms with Gasteiger partial charge in [0.25, 0.3) is 0 Å². The Hall–Kier alpha value is -1.55. The van der Waals surface area contributed by atoms with Crippen molar-refractivity contribution in [2.45, 2.75) is 46.7 Å². The van der Waals surface area contributed by atoms with E-state index < -0.39 is 0 Å². The number of nitrogens with two attached hydrogens (primary N) is 1. The number of anilines is 1. The van der Waals surface area contributed by atoms with Crippen LogP contribution in [0.2, 0.25) is 0 Å². The van der Waals surface area contributed by atoms with E-state index >= 15 is 0 Å². The van der Waals surface area contributed by atoms with Crippen LogP contribution in [0.4, 0.5) is 5.69 Å². The summed E-state index contributed by atoms with van der Waals surface area (Å²) >= 11 is 0. The molecule has 0 aliphatic carbocycles. The Labute approximate surface area is 128 Å². The third kappa shape index (κ3) is 7.14. The van der Waals surface area contributed by atoms with Gasteiger partial charge in [-0.2, -0.15) is 0 Å². The minimum Gasteiger partial charge on any atom is -0.368 e. The van der Waals surface area contributed by atoms with Crippen LogP contribution in [0.1, 0.15) is 40.2 Å². The van der Waals surface area contributed by atoms with Crippen molar-refractivity contribution >= 4 is 11.6 Å². The minimum absolute atomic E-state index is 0.105. The van der Waals surface area contributed by atoms with Gasteiger partial charge in [-0.1, -0.05) is 26.0 Å². The molecule has 118 valence electrons. The van der Waals surface area contributed by atoms with Crippen molar-refractivity contribution in [3.63, 3.8) is 0 Å². The molecule has 0 saturated heterocycles. The maximum absolute atomic E-state index is 11.2. The summed E-state index contributed by atoms with van der Waals surface area (Å²) in [4.78, 5) is 13.3. The van der Waals surface area contributed by atoms with Gasteiger partial charge in [0.2, 0.25) is 5.91 Å². The predicted octanol–water partition coefficient (Wildman–Crippen LogP) is 2.52. The van der Waals surface area contributed by atoms with Crippen LogP contribution in [0.5, 0.6) is 0 Å². The lowest BCUT2D eigenvalue weighted by Crippen LogP contribution is -2.36. The number of nitrogens with zero attached hydrogens (tertiary/aromatic N) is 1. The molecule has 4 heteroatoms. The molecule has 0 atom stereocenters. The highest BCUT2D eigenvalue weighted by Gasteiger charge is 2.12. The van der Waals surface area contributed by atoms with Crippen LogP contribution in [0.25, 0.3) is 0 Å². The van der Waals surface area contributed by atoms with Gasteiger partial charge in [-0.3, -0.25) is 4.79 Å². The molecule has 0 bridgehead atoms. The molecular weight excluding hydrogens is 262 g/mol. The van der Waals surface area contributed by atoms with Gasteiger partial charge in [-0.25, -0.2) is 0 Å². The lowest BCUT2D eigenvalue weighted by Gasteiger charge is -2.26. The maximum atomic E-state index is 11.2. The smallest absolute Gasteiger partial charge is 0.236 e. The Morgan fingerprint density at radius 3 is 2.24 bits per heavy atom. The minimum atomic E-state index is -0.297. The number of benzene rings is 1. The van der Waals surface area contributed by atoms with Crippen LogP contribution >= 0.6 is 0 Å². The number of rotatable bonds is 7. The third-order valence-electron chi connectivity index (χ3n) is 3.06. The molecule has 1 amide bonds. The molecule has 0 radical (unpaired) electrons. The number of amides is 1. The quantitative estimate of drug-likeness (QED) is 0.811. The average molecular weight is 291 g/mol. The first-order valence-corrected chi connectivity index (χ1v) is 7.54. The Morgan fingerprint density at radius 1 is 1.24 bits per heavy atom. The van der Waals surface area contributed by atoms with Gasteiger partial charge in [0, 0.05) is 24.3 Å². The predicted molar refractivity (Wildman–Crippen MR) is 89.3 cm³/mol. The molecule has 1 aromatic rings. The van der Waals surface area contributed by atoms with Crippen molar-refractivity contribution < 1.29 is 4.79 Å². The molecular formula is C17H29N3O. The number of carbonyl (C=O) groups excluding carboxylic acids is 1. The molecule has 0 aliphatic heterocycles. The van der Waals surface area contributed by atoms with Gasteiger partial charge in [-0.05, 0) is 44.4 Å². The Morgan fingerprint density at radius 2 is 1.81 bits per heavy atom. The molecule has 3 N–H and O–H groups in total. The fourth-order valence-corrected chi connectivity index (χ4v) is 2.08. The van der Waals surface area contributed by atoms with E-state index in [0.29, 0.717) is 5.92 Å². The first kappa shape index (κ1) is 17.5. The number of hydrogen-bond donors (Lipinski definition) is 2. The lowest BCUT2D eigenvalue weighted by atomic mass is 10.1. The van der Waals surface area contributed by atoms with Crippen LogP contribution in [0.15, 0.2) is 24.3 Å². The first-order valence-electron chi connectivity index (χ1n) is 7.54. The van der Waals surface area contributed by atoms with Crippen molar-refractivity contribution in [1.82, 2.24) is 5.32 Å². The number of nitrogens with one attached hydrogen (secondary N) is 1. The monoisotopic (exact) mass is 291 g/mol. The number of hydrogen-bond acceptors (Lipinski definition) is 3. The third-order valence-corrected chi connectivity index (χ3v) is 3.06. The van der Waals surface area contributed by atoms with E-state index in [2.05, 4.69) is 64.2 Å². The number of primary amides is 1. The van der Waals surface area contributed by atoms with E-state index in [1.165, 1.54) is 5.56 Å². The van der Waals surface area contributed by atoms with Gasteiger partial charge in [-0.15, -0.1) is 0 Å². The van der Waals surface area contributed by atoms with Crippen molar-refractivity contribution in [2.24, 2.45) is 11.7 Å². The second kappa shape index (κ2) is 7.46. The summed E-state index contributed by atoms with van der Waals surface area (Å²) in [5, 5.41) is 3.46. The van der Waals surface area contributed by atoms with Gasteiger partial charge < -0.3 is 16.0 Å². The molecule has 0 heterocycles. The molecule has 0 aromatic heterocycles. The highest BCUT2D eigenvalue weighted by Crippen LogP contribution is 2.17. The molecule has 4 nitrogen and oxygen atoms in total. The Kier molecular flexibility index (Phi) is 6.21. The largest absolute Gasteiger partial charge is 0.368 e. The molecule has 21 heavy (non-hydrogen) atoms. The van der Waals surface area contributed by atoms with Gasteiger partial charge in [0.15, 0.2) is 0 Å². The summed E-state index contributed by atoms with van der Waals surface area (Å²) < 4.78 is 0. The average Bonchev–Trinajstić information content (AvgIpc) is 2.34. The van der Waals surface area contributed by atoms with Crippen molar-refractivity contribution in [1.29, 1.82) is 0 Å². The second-order valence-corrected chi connectivity index (χ2v) is 7.01. The van der Waals surface area contributed by atoms with E-state index in [1.807, 2.05) is 4.90 Å². The van der Waals surface area contributed by atoms with Crippen molar-refractivity contribution in [2.75, 3.05) is 18.0 Å². The summed E-state index contributed by atoms with van der Waals surface area (Å²) in [7, 11) is 0. The summed E-state index contributed by atoms with van der Waals surface area (Å²) in [5.41, 5.74) is 7.72. The first-order chi connectivity index (χ1) is 9.67. The molecule has 0 aliphatic rings. The van der Waals surface area contributed by atoms with Crippen LogP contribution in [0, 0.1) is 5.92 Å². The SMILES string of the molecule is CC(C)CN(CC(N)=O)c1ccc(CNC(C)(C)C)cc1. The maximum Gasteiger partial charge on any atom is 0.236 e. The molecule has 0 spiro atoms. The van der Waals surface area contributed by atoms with E-state index in [4.69, 9.17) is 5.73 Å². The standard InChI is InChI=1S/C17H29N3O/c1-13(2)11-20(12-16(18)21)15-8-6-14(7-9-15)10-19-17(3,4)5/h6-9,13,19H,10-12H2,1-5H3,(H2,18,21). The highest BCUT2D eigenvalue weighted by molar-refractivity contribution is 5.79. The fourth-order valence-electron chi connectivity index (χ4n) is 2.08. The molecule has 0 fully saturated rings. The summed E-state index contributed by atoms with van der Waals surface area (Å²) in [5.74, 6) is 0.181. The summed E-state index contributed by atoms with van der Waals surface area (Å²) in [6.45, 7) is 12.6. The lowest BCUT2D eigenvalue weighted by molar-refractivity contribution is -0.116. The molecule has 0 unspecified atom stereocenters. The molecule has 1 aromatic carbocycles. The van der Waals surface area contributed by atoms with Gasteiger partial charge in [0.05, 0.1) is 6.54 Å². The molecule has 1 rings (SSSR count). The van der Waals surface area contributed by atoms with Gasteiger partial charge in [0.1, 0.15) is 0 Å². The van der Waals surface area contributed by atoms with E-state index in [0.717, 1.165) is 18.8 Å². The Balaban J connectivity index is 2.75.